The van der Waals surface area contributed by atoms with Crippen molar-refractivity contribution in [2.75, 3.05) is 27.4 Å². The molecule has 0 N–H and O–H groups in total. The maximum absolute atomic E-state index is 13.0. The number of furan rings is 1. The molecule has 0 fully saturated rings. The zero-order chi connectivity index (χ0) is 21.1. The van der Waals surface area contributed by atoms with Gasteiger partial charge in [-0.15, -0.1) is 0 Å². The Balaban J connectivity index is 1.67. The standard InChI is InChI=1S/C23H22ClNO5/c1-27-14-19-6-7-20(30-19)23(26)25-8-9-29-22-17(13-25)10-16(12-21(22)28-2)15-4-3-5-18(24)11-15/h3-7,10-12H,8-9,13-14H2,1-2H3. The Morgan fingerprint density at radius 1 is 1.13 bits per heavy atom. The van der Waals surface area contributed by atoms with Crippen molar-refractivity contribution >= 4 is 17.5 Å². The topological polar surface area (TPSA) is 61.1 Å². The van der Waals surface area contributed by atoms with E-state index in [0.717, 1.165) is 16.7 Å². The van der Waals surface area contributed by atoms with E-state index in [0.29, 0.717) is 48.6 Å². The largest absolute Gasteiger partial charge is 0.493 e. The molecule has 0 atom stereocenters. The van der Waals surface area contributed by atoms with Gasteiger partial charge in [-0.25, -0.2) is 0 Å². The number of amides is 1. The van der Waals surface area contributed by atoms with E-state index in [1.807, 2.05) is 36.4 Å². The second-order valence-corrected chi connectivity index (χ2v) is 7.39. The van der Waals surface area contributed by atoms with Gasteiger partial charge in [-0.1, -0.05) is 23.7 Å². The van der Waals surface area contributed by atoms with Gasteiger partial charge in [0.05, 0.1) is 20.2 Å². The first-order valence-corrected chi connectivity index (χ1v) is 9.93. The van der Waals surface area contributed by atoms with Crippen LogP contribution in [0, 0.1) is 0 Å². The number of halogens is 1. The molecule has 4 rings (SSSR count). The number of hydrogen-bond acceptors (Lipinski definition) is 5. The third-order valence-electron chi connectivity index (χ3n) is 4.92. The normalized spacial score (nSPS) is 13.4. The number of ether oxygens (including phenoxy) is 3. The monoisotopic (exact) mass is 427 g/mol. The molecule has 2 aromatic carbocycles. The predicted octanol–water partition coefficient (Wildman–Crippen LogP) is 4.79. The minimum atomic E-state index is -0.194. The molecule has 0 aliphatic carbocycles. The first-order chi connectivity index (χ1) is 14.6. The molecule has 1 amide bonds. The van der Waals surface area contributed by atoms with E-state index in [2.05, 4.69) is 0 Å². The van der Waals surface area contributed by atoms with Crippen LogP contribution in [0.15, 0.2) is 52.9 Å². The Morgan fingerprint density at radius 2 is 2.00 bits per heavy atom. The van der Waals surface area contributed by atoms with E-state index in [1.54, 1.807) is 31.3 Å². The molecule has 0 spiro atoms. The maximum Gasteiger partial charge on any atom is 0.289 e. The summed E-state index contributed by atoms with van der Waals surface area (Å²) in [4.78, 5) is 14.7. The van der Waals surface area contributed by atoms with E-state index < -0.39 is 0 Å². The SMILES string of the molecule is COCc1ccc(C(=O)N2CCOc3c(cc(-c4cccc(Cl)c4)cc3OC)C2)o1. The number of methoxy groups -OCH3 is 2. The molecule has 1 aliphatic rings. The molecule has 0 saturated heterocycles. The Labute approximate surface area is 179 Å². The highest BCUT2D eigenvalue weighted by Gasteiger charge is 2.26. The Bertz CT molecular complexity index is 1060. The van der Waals surface area contributed by atoms with Crippen molar-refractivity contribution in [3.05, 3.63) is 70.6 Å². The van der Waals surface area contributed by atoms with E-state index in [9.17, 15) is 4.79 Å². The molecular weight excluding hydrogens is 406 g/mol. The summed E-state index contributed by atoms with van der Waals surface area (Å²) in [6, 6.07) is 15.0. The molecular formula is C23H22ClNO5. The highest BCUT2D eigenvalue weighted by atomic mass is 35.5. The highest BCUT2D eigenvalue weighted by molar-refractivity contribution is 6.30. The number of carbonyl (C=O) groups excluding carboxylic acids is 1. The third-order valence-corrected chi connectivity index (χ3v) is 5.16. The summed E-state index contributed by atoms with van der Waals surface area (Å²) in [5, 5.41) is 0.652. The van der Waals surface area contributed by atoms with E-state index in [1.165, 1.54) is 0 Å². The first-order valence-electron chi connectivity index (χ1n) is 9.55. The van der Waals surface area contributed by atoms with Gasteiger partial charge >= 0.3 is 0 Å². The van der Waals surface area contributed by atoms with Crippen LogP contribution < -0.4 is 9.47 Å². The number of fused-ring (bicyclic) bond motifs is 1. The highest BCUT2D eigenvalue weighted by Crippen LogP contribution is 2.39. The van der Waals surface area contributed by atoms with Crippen LogP contribution in [0.2, 0.25) is 5.02 Å². The van der Waals surface area contributed by atoms with Gasteiger partial charge in [0, 0.05) is 17.7 Å². The molecule has 0 radical (unpaired) electrons. The minimum absolute atomic E-state index is 0.194. The van der Waals surface area contributed by atoms with Gasteiger partial charge < -0.3 is 23.5 Å². The molecule has 6 nitrogen and oxygen atoms in total. The molecule has 1 aromatic heterocycles. The van der Waals surface area contributed by atoms with E-state index in [4.69, 9.17) is 30.2 Å². The number of benzene rings is 2. The fourth-order valence-electron chi connectivity index (χ4n) is 3.51. The average Bonchev–Trinajstić information content (AvgIpc) is 3.10. The quantitative estimate of drug-likeness (QED) is 0.585. The van der Waals surface area contributed by atoms with Crippen molar-refractivity contribution in [1.29, 1.82) is 0 Å². The Hall–Kier alpha value is -2.96. The van der Waals surface area contributed by atoms with Gasteiger partial charge in [-0.05, 0) is 47.5 Å². The number of nitrogens with zero attached hydrogens (tertiary/aromatic N) is 1. The van der Waals surface area contributed by atoms with Crippen LogP contribution in [0.3, 0.4) is 0 Å². The third kappa shape index (κ3) is 4.15. The van der Waals surface area contributed by atoms with Gasteiger partial charge in [0.25, 0.3) is 5.91 Å². The lowest BCUT2D eigenvalue weighted by Crippen LogP contribution is -2.32. The van der Waals surface area contributed by atoms with Crippen molar-refractivity contribution in [3.63, 3.8) is 0 Å². The van der Waals surface area contributed by atoms with Crippen molar-refractivity contribution in [2.24, 2.45) is 0 Å². The second-order valence-electron chi connectivity index (χ2n) is 6.95. The molecule has 156 valence electrons. The predicted molar refractivity (Wildman–Crippen MR) is 113 cm³/mol. The van der Waals surface area contributed by atoms with Crippen molar-refractivity contribution in [2.45, 2.75) is 13.2 Å². The lowest BCUT2D eigenvalue weighted by Gasteiger charge is -2.19. The van der Waals surface area contributed by atoms with E-state index >= 15 is 0 Å². The van der Waals surface area contributed by atoms with E-state index in [-0.39, 0.29) is 11.7 Å². The molecule has 30 heavy (non-hydrogen) atoms. The van der Waals surface area contributed by atoms with Gasteiger partial charge in [0.15, 0.2) is 17.3 Å². The second kappa shape index (κ2) is 8.81. The number of rotatable bonds is 5. The first kappa shape index (κ1) is 20.3. The van der Waals surface area contributed by atoms with Crippen LogP contribution >= 0.6 is 11.6 Å². The van der Waals surface area contributed by atoms with Crippen LogP contribution in [0.1, 0.15) is 21.9 Å². The fraction of sp³-hybridized carbons (Fsp3) is 0.261. The van der Waals surface area contributed by atoms with Crippen LogP contribution in [0.4, 0.5) is 0 Å². The van der Waals surface area contributed by atoms with Gasteiger partial charge in [-0.2, -0.15) is 0 Å². The minimum Gasteiger partial charge on any atom is -0.493 e. The summed E-state index contributed by atoms with van der Waals surface area (Å²) in [6.45, 7) is 1.49. The lowest BCUT2D eigenvalue weighted by atomic mass is 10.0. The van der Waals surface area contributed by atoms with Crippen molar-refractivity contribution in [3.8, 4) is 22.6 Å². The zero-order valence-electron chi connectivity index (χ0n) is 16.8. The van der Waals surface area contributed by atoms with Gasteiger partial charge in [-0.3, -0.25) is 4.79 Å². The maximum atomic E-state index is 13.0. The number of carbonyl (C=O) groups is 1. The van der Waals surface area contributed by atoms with Crippen molar-refractivity contribution in [1.82, 2.24) is 4.90 Å². The average molecular weight is 428 g/mol. The summed E-state index contributed by atoms with van der Waals surface area (Å²) >= 11 is 6.17. The smallest absolute Gasteiger partial charge is 0.289 e. The summed E-state index contributed by atoms with van der Waals surface area (Å²) in [6.07, 6.45) is 0. The van der Waals surface area contributed by atoms with Gasteiger partial charge in [0.2, 0.25) is 0 Å². The van der Waals surface area contributed by atoms with Crippen LogP contribution in [0.25, 0.3) is 11.1 Å². The fourth-order valence-corrected chi connectivity index (χ4v) is 3.70. The summed E-state index contributed by atoms with van der Waals surface area (Å²) < 4.78 is 22.2. The summed E-state index contributed by atoms with van der Waals surface area (Å²) in [7, 11) is 3.19. The van der Waals surface area contributed by atoms with Crippen LogP contribution in [-0.2, 0) is 17.9 Å². The zero-order valence-corrected chi connectivity index (χ0v) is 17.6. The molecule has 2 heterocycles. The number of hydrogen-bond donors (Lipinski definition) is 0. The lowest BCUT2D eigenvalue weighted by molar-refractivity contribution is 0.0693. The molecule has 7 heteroatoms. The Morgan fingerprint density at radius 3 is 2.77 bits per heavy atom. The molecule has 0 saturated carbocycles. The van der Waals surface area contributed by atoms with Crippen molar-refractivity contribution < 1.29 is 23.4 Å². The summed E-state index contributed by atoms with van der Waals surface area (Å²) in [5.74, 6) is 1.97. The molecule has 1 aliphatic heterocycles. The Kier molecular flexibility index (Phi) is 5.97. The van der Waals surface area contributed by atoms with Crippen LogP contribution in [-0.4, -0.2) is 38.2 Å². The molecule has 0 unspecified atom stereocenters. The van der Waals surface area contributed by atoms with Gasteiger partial charge in [0.1, 0.15) is 19.0 Å². The molecule has 3 aromatic rings. The van der Waals surface area contributed by atoms with Crippen LogP contribution in [0.5, 0.6) is 11.5 Å². The molecule has 0 bridgehead atoms. The summed E-state index contributed by atoms with van der Waals surface area (Å²) in [5.41, 5.74) is 2.76.